The zero-order valence-corrected chi connectivity index (χ0v) is 9.79. The van der Waals surface area contributed by atoms with Crippen molar-refractivity contribution in [3.63, 3.8) is 0 Å². The smallest absolute Gasteiger partial charge is 0.311 e. The third-order valence-electron chi connectivity index (χ3n) is 2.16. The van der Waals surface area contributed by atoms with Crippen LogP contribution in [0.1, 0.15) is 0 Å². The summed E-state index contributed by atoms with van der Waals surface area (Å²) in [6, 6.07) is 10.0. The molecular formula is C12H8ClNO4. The van der Waals surface area contributed by atoms with E-state index in [2.05, 4.69) is 0 Å². The first-order chi connectivity index (χ1) is 8.56. The van der Waals surface area contributed by atoms with Gasteiger partial charge in [0.25, 0.3) is 0 Å². The van der Waals surface area contributed by atoms with E-state index >= 15 is 0 Å². The molecule has 0 aliphatic rings. The Balaban J connectivity index is 2.39. The van der Waals surface area contributed by atoms with Crippen LogP contribution in [0.15, 0.2) is 42.5 Å². The Kier molecular flexibility index (Phi) is 3.34. The second-order valence-electron chi connectivity index (χ2n) is 3.47. The number of aromatic hydroxyl groups is 1. The number of hydrogen-bond donors (Lipinski definition) is 1. The van der Waals surface area contributed by atoms with Gasteiger partial charge in [0.15, 0.2) is 0 Å². The molecule has 6 heteroatoms. The van der Waals surface area contributed by atoms with Crippen molar-refractivity contribution in [3.05, 3.63) is 57.6 Å². The van der Waals surface area contributed by atoms with Crippen molar-refractivity contribution >= 4 is 17.3 Å². The normalized spacial score (nSPS) is 10.1. The molecule has 0 spiro atoms. The molecule has 18 heavy (non-hydrogen) atoms. The quantitative estimate of drug-likeness (QED) is 0.678. The highest BCUT2D eigenvalue weighted by Gasteiger charge is 2.16. The minimum absolute atomic E-state index is 0.0396. The largest absolute Gasteiger partial charge is 0.508 e. The number of halogens is 1. The van der Waals surface area contributed by atoms with E-state index in [4.69, 9.17) is 16.3 Å². The number of phenolic OH excluding ortho intramolecular Hbond substituents is 1. The zero-order valence-electron chi connectivity index (χ0n) is 9.04. The summed E-state index contributed by atoms with van der Waals surface area (Å²) in [5, 5.41) is 20.6. The lowest BCUT2D eigenvalue weighted by Crippen LogP contribution is -1.93. The van der Waals surface area contributed by atoms with Crippen molar-refractivity contribution in [2.45, 2.75) is 0 Å². The predicted octanol–water partition coefficient (Wildman–Crippen LogP) is 3.75. The summed E-state index contributed by atoms with van der Waals surface area (Å²) in [4.78, 5) is 10.2. The molecule has 0 aromatic heterocycles. The maximum atomic E-state index is 10.8. The van der Waals surface area contributed by atoms with Crippen LogP contribution in [0.2, 0.25) is 5.02 Å². The molecule has 5 nitrogen and oxygen atoms in total. The first-order valence-electron chi connectivity index (χ1n) is 4.97. The molecular weight excluding hydrogens is 258 g/mol. The molecule has 0 bridgehead atoms. The van der Waals surface area contributed by atoms with E-state index < -0.39 is 4.92 Å². The summed E-state index contributed by atoms with van der Waals surface area (Å²) in [5.74, 6) is 0.205. The van der Waals surface area contributed by atoms with Crippen LogP contribution in [0.3, 0.4) is 0 Å². The van der Waals surface area contributed by atoms with Crippen molar-refractivity contribution in [3.8, 4) is 17.2 Å². The molecule has 2 aromatic rings. The summed E-state index contributed by atoms with van der Waals surface area (Å²) < 4.78 is 5.35. The Labute approximate surface area is 107 Å². The predicted molar refractivity (Wildman–Crippen MR) is 66.3 cm³/mol. The van der Waals surface area contributed by atoms with Crippen molar-refractivity contribution in [1.29, 1.82) is 0 Å². The monoisotopic (exact) mass is 265 g/mol. The lowest BCUT2D eigenvalue weighted by Gasteiger charge is -2.06. The number of phenols is 1. The fourth-order valence-electron chi connectivity index (χ4n) is 1.39. The highest BCUT2D eigenvalue weighted by Crippen LogP contribution is 2.34. The Hall–Kier alpha value is -2.27. The van der Waals surface area contributed by atoms with Crippen LogP contribution in [-0.2, 0) is 0 Å². The first-order valence-corrected chi connectivity index (χ1v) is 5.35. The molecule has 0 unspecified atom stereocenters. The van der Waals surface area contributed by atoms with Crippen LogP contribution < -0.4 is 4.74 Å². The van der Waals surface area contributed by atoms with E-state index in [1.807, 2.05) is 0 Å². The van der Waals surface area contributed by atoms with Crippen molar-refractivity contribution in [1.82, 2.24) is 0 Å². The van der Waals surface area contributed by atoms with Gasteiger partial charge in [-0.3, -0.25) is 10.1 Å². The summed E-state index contributed by atoms with van der Waals surface area (Å²) in [6.07, 6.45) is 0. The lowest BCUT2D eigenvalue weighted by molar-refractivity contribution is -0.385. The molecule has 0 aliphatic heterocycles. The zero-order chi connectivity index (χ0) is 13.1. The van der Waals surface area contributed by atoms with Gasteiger partial charge < -0.3 is 9.84 Å². The van der Waals surface area contributed by atoms with Gasteiger partial charge in [-0.1, -0.05) is 17.7 Å². The number of nitro benzene ring substituents is 1. The third kappa shape index (κ3) is 2.70. The van der Waals surface area contributed by atoms with Gasteiger partial charge in [0.2, 0.25) is 5.75 Å². The van der Waals surface area contributed by atoms with Crippen molar-refractivity contribution in [2.24, 2.45) is 0 Å². The van der Waals surface area contributed by atoms with Gasteiger partial charge in [-0.2, -0.15) is 0 Å². The fraction of sp³-hybridized carbons (Fsp3) is 0. The second-order valence-corrected chi connectivity index (χ2v) is 3.91. The molecule has 0 heterocycles. The summed E-state index contributed by atoms with van der Waals surface area (Å²) in [6.45, 7) is 0. The maximum absolute atomic E-state index is 10.8. The van der Waals surface area contributed by atoms with Crippen molar-refractivity contribution in [2.75, 3.05) is 0 Å². The van der Waals surface area contributed by atoms with Crippen LogP contribution >= 0.6 is 11.6 Å². The number of hydrogen-bond acceptors (Lipinski definition) is 4. The van der Waals surface area contributed by atoms with Crippen LogP contribution in [-0.4, -0.2) is 10.0 Å². The SMILES string of the molecule is O=[N+]([O-])c1ccc(O)cc1Oc1cccc(Cl)c1. The average Bonchev–Trinajstić information content (AvgIpc) is 2.28. The van der Waals surface area contributed by atoms with Crippen LogP contribution in [0.5, 0.6) is 17.2 Å². The molecule has 92 valence electrons. The molecule has 0 amide bonds. The molecule has 2 rings (SSSR count). The van der Waals surface area contributed by atoms with E-state index in [1.54, 1.807) is 18.2 Å². The number of nitro groups is 1. The topological polar surface area (TPSA) is 72.6 Å². The Morgan fingerprint density at radius 3 is 2.67 bits per heavy atom. The fourth-order valence-corrected chi connectivity index (χ4v) is 1.57. The molecule has 0 aliphatic carbocycles. The minimum Gasteiger partial charge on any atom is -0.508 e. The van der Waals surface area contributed by atoms with E-state index in [-0.39, 0.29) is 17.2 Å². The van der Waals surface area contributed by atoms with Gasteiger partial charge in [0, 0.05) is 17.2 Å². The van der Waals surface area contributed by atoms with Gasteiger partial charge in [-0.05, 0) is 24.3 Å². The number of ether oxygens (including phenoxy) is 1. The van der Waals surface area contributed by atoms with Crippen LogP contribution in [0.25, 0.3) is 0 Å². The second kappa shape index (κ2) is 4.93. The molecule has 0 saturated heterocycles. The molecule has 2 aromatic carbocycles. The lowest BCUT2D eigenvalue weighted by atomic mass is 10.2. The highest BCUT2D eigenvalue weighted by atomic mass is 35.5. The number of rotatable bonds is 3. The Morgan fingerprint density at radius 1 is 1.22 bits per heavy atom. The molecule has 0 radical (unpaired) electrons. The molecule has 0 saturated carbocycles. The first kappa shape index (κ1) is 12.2. The van der Waals surface area contributed by atoms with Gasteiger partial charge in [-0.15, -0.1) is 0 Å². The Morgan fingerprint density at radius 2 is 2.00 bits per heavy atom. The van der Waals surface area contributed by atoms with Gasteiger partial charge in [-0.25, -0.2) is 0 Å². The van der Waals surface area contributed by atoms with E-state index in [0.717, 1.165) is 0 Å². The Bertz CT molecular complexity index is 600. The van der Waals surface area contributed by atoms with Crippen molar-refractivity contribution < 1.29 is 14.8 Å². The highest BCUT2D eigenvalue weighted by molar-refractivity contribution is 6.30. The number of nitrogens with zero attached hydrogens (tertiary/aromatic N) is 1. The minimum atomic E-state index is -0.584. The van der Waals surface area contributed by atoms with E-state index in [0.29, 0.717) is 10.8 Å². The summed E-state index contributed by atoms with van der Waals surface area (Å²) in [5.41, 5.74) is -0.229. The van der Waals surface area contributed by atoms with Gasteiger partial charge in [0.1, 0.15) is 11.5 Å². The third-order valence-corrected chi connectivity index (χ3v) is 2.40. The van der Waals surface area contributed by atoms with Crippen LogP contribution in [0, 0.1) is 10.1 Å². The summed E-state index contributed by atoms with van der Waals surface area (Å²) in [7, 11) is 0. The number of benzene rings is 2. The maximum Gasteiger partial charge on any atom is 0.311 e. The molecule has 1 N–H and O–H groups in total. The van der Waals surface area contributed by atoms with E-state index in [1.165, 1.54) is 24.3 Å². The van der Waals surface area contributed by atoms with Gasteiger partial charge >= 0.3 is 5.69 Å². The molecule has 0 fully saturated rings. The van der Waals surface area contributed by atoms with E-state index in [9.17, 15) is 15.2 Å². The van der Waals surface area contributed by atoms with Gasteiger partial charge in [0.05, 0.1) is 4.92 Å². The summed E-state index contributed by atoms with van der Waals surface area (Å²) >= 11 is 5.78. The standard InChI is InChI=1S/C12H8ClNO4/c13-8-2-1-3-10(6-8)18-12-7-9(15)4-5-11(12)14(16)17/h1-7,15H. The molecule has 0 atom stereocenters. The van der Waals surface area contributed by atoms with Crippen LogP contribution in [0.4, 0.5) is 5.69 Å². The average molecular weight is 266 g/mol.